The first-order valence-electron chi connectivity index (χ1n) is 9.25. The lowest BCUT2D eigenvalue weighted by Crippen LogP contribution is -2.23. The molecule has 0 aliphatic carbocycles. The van der Waals surface area contributed by atoms with Crippen molar-refractivity contribution in [3.63, 3.8) is 0 Å². The zero-order valence-corrected chi connectivity index (χ0v) is 16.9. The molecule has 7 nitrogen and oxygen atoms in total. The Balaban J connectivity index is 1.66. The van der Waals surface area contributed by atoms with E-state index in [4.69, 9.17) is 21.1 Å². The molecule has 0 amide bonds. The van der Waals surface area contributed by atoms with Crippen LogP contribution in [0, 0.1) is 5.82 Å². The van der Waals surface area contributed by atoms with Gasteiger partial charge in [0.25, 0.3) is 0 Å². The maximum Gasteiger partial charge on any atom is 0.232 e. The van der Waals surface area contributed by atoms with Crippen LogP contribution in [0.25, 0.3) is 5.69 Å². The van der Waals surface area contributed by atoms with Gasteiger partial charge in [-0.3, -0.25) is 4.57 Å². The fraction of sp³-hybridized carbons (Fsp3) is 0.350. The molecule has 1 unspecified atom stereocenters. The second-order valence-electron chi connectivity index (χ2n) is 6.82. The standard InChI is InChI=1S/C20H21ClFN5O2/c1-28-12-17-24-25-20(27(17)14-6-7-18(29-2)23-10-14)26-9-8-13(11-26)15-4-3-5-16(22)19(15)21/h3-7,10,13H,8-9,11-12H2,1-2H3. The van der Waals surface area contributed by atoms with Crippen molar-refractivity contribution in [1.82, 2.24) is 19.7 Å². The number of benzene rings is 1. The van der Waals surface area contributed by atoms with Crippen molar-refractivity contribution in [3.05, 3.63) is 58.8 Å². The van der Waals surface area contributed by atoms with Crippen molar-refractivity contribution >= 4 is 17.5 Å². The summed E-state index contributed by atoms with van der Waals surface area (Å²) in [6, 6.07) is 8.64. The van der Waals surface area contributed by atoms with Crippen LogP contribution in [0.15, 0.2) is 36.5 Å². The van der Waals surface area contributed by atoms with Gasteiger partial charge >= 0.3 is 0 Å². The molecule has 1 saturated heterocycles. The van der Waals surface area contributed by atoms with E-state index in [2.05, 4.69) is 20.1 Å². The number of ether oxygens (including phenoxy) is 2. The molecule has 1 aliphatic heterocycles. The van der Waals surface area contributed by atoms with Crippen LogP contribution in [0.5, 0.6) is 5.88 Å². The molecule has 1 aromatic carbocycles. The number of rotatable bonds is 6. The summed E-state index contributed by atoms with van der Waals surface area (Å²) < 4.78 is 26.2. The van der Waals surface area contributed by atoms with E-state index >= 15 is 0 Å². The maximum atomic E-state index is 13.9. The van der Waals surface area contributed by atoms with Crippen LogP contribution < -0.4 is 9.64 Å². The summed E-state index contributed by atoms with van der Waals surface area (Å²) in [4.78, 5) is 6.42. The van der Waals surface area contributed by atoms with Crippen LogP contribution in [0.1, 0.15) is 23.7 Å². The van der Waals surface area contributed by atoms with Gasteiger partial charge in [0.2, 0.25) is 11.8 Å². The fourth-order valence-electron chi connectivity index (χ4n) is 3.66. The second kappa shape index (κ2) is 8.34. The summed E-state index contributed by atoms with van der Waals surface area (Å²) in [5, 5.41) is 8.89. The lowest BCUT2D eigenvalue weighted by molar-refractivity contribution is 0.176. The Bertz CT molecular complexity index is 995. The molecule has 0 N–H and O–H groups in total. The van der Waals surface area contributed by atoms with Crippen LogP contribution in [-0.4, -0.2) is 47.1 Å². The van der Waals surface area contributed by atoms with Crippen molar-refractivity contribution in [1.29, 1.82) is 0 Å². The number of anilines is 1. The topological polar surface area (TPSA) is 65.3 Å². The molecule has 29 heavy (non-hydrogen) atoms. The molecule has 0 bridgehead atoms. The fourth-order valence-corrected chi connectivity index (χ4v) is 3.94. The Morgan fingerprint density at radius 2 is 2.07 bits per heavy atom. The monoisotopic (exact) mass is 417 g/mol. The molecule has 2 aromatic heterocycles. The van der Waals surface area contributed by atoms with E-state index in [1.165, 1.54) is 6.07 Å². The quantitative estimate of drug-likeness (QED) is 0.610. The van der Waals surface area contributed by atoms with Gasteiger partial charge in [-0.1, -0.05) is 23.7 Å². The molecule has 3 heterocycles. The van der Waals surface area contributed by atoms with E-state index in [9.17, 15) is 4.39 Å². The summed E-state index contributed by atoms with van der Waals surface area (Å²) in [6.07, 6.45) is 2.55. The molecule has 1 aliphatic rings. The zero-order chi connectivity index (χ0) is 20.4. The predicted octanol–water partition coefficient (Wildman–Crippen LogP) is 3.60. The van der Waals surface area contributed by atoms with Gasteiger partial charge in [0, 0.05) is 32.2 Å². The van der Waals surface area contributed by atoms with Gasteiger partial charge in [0.05, 0.1) is 24.0 Å². The first-order chi connectivity index (χ1) is 14.1. The third-order valence-electron chi connectivity index (χ3n) is 5.07. The molecule has 152 valence electrons. The number of pyridine rings is 1. The van der Waals surface area contributed by atoms with Crippen LogP contribution in [0.2, 0.25) is 5.02 Å². The normalized spacial score (nSPS) is 16.4. The molecule has 0 spiro atoms. The number of hydrogen-bond acceptors (Lipinski definition) is 6. The van der Waals surface area contributed by atoms with Crippen molar-refractivity contribution in [3.8, 4) is 11.6 Å². The van der Waals surface area contributed by atoms with Crippen molar-refractivity contribution in [2.24, 2.45) is 0 Å². The van der Waals surface area contributed by atoms with Crippen LogP contribution in [0.4, 0.5) is 10.3 Å². The number of methoxy groups -OCH3 is 2. The SMILES string of the molecule is COCc1nnc(N2CCC(c3cccc(F)c3Cl)C2)n1-c1ccc(OC)nc1. The van der Waals surface area contributed by atoms with Crippen molar-refractivity contribution < 1.29 is 13.9 Å². The van der Waals surface area contributed by atoms with Crippen molar-refractivity contribution in [2.45, 2.75) is 18.9 Å². The van der Waals surface area contributed by atoms with Crippen LogP contribution in [-0.2, 0) is 11.3 Å². The van der Waals surface area contributed by atoms with Crippen LogP contribution in [0.3, 0.4) is 0 Å². The predicted molar refractivity (Wildman–Crippen MR) is 107 cm³/mol. The van der Waals surface area contributed by atoms with Gasteiger partial charge < -0.3 is 14.4 Å². The van der Waals surface area contributed by atoms with Gasteiger partial charge in [0.15, 0.2) is 5.82 Å². The molecule has 3 aromatic rings. The van der Waals surface area contributed by atoms with Gasteiger partial charge in [-0.05, 0) is 24.1 Å². The Hall–Kier alpha value is -2.71. The number of aromatic nitrogens is 4. The highest BCUT2D eigenvalue weighted by Crippen LogP contribution is 2.35. The van der Waals surface area contributed by atoms with Crippen molar-refractivity contribution in [2.75, 3.05) is 32.2 Å². The average Bonchev–Trinajstić information content (AvgIpc) is 3.38. The maximum absolute atomic E-state index is 13.9. The molecule has 1 atom stereocenters. The van der Waals surface area contributed by atoms with Gasteiger partial charge in [0.1, 0.15) is 12.4 Å². The number of nitrogens with zero attached hydrogens (tertiary/aromatic N) is 5. The molecule has 4 rings (SSSR count). The Labute approximate surface area is 173 Å². The van der Waals surface area contributed by atoms with Crippen LogP contribution >= 0.6 is 11.6 Å². The van der Waals surface area contributed by atoms with E-state index in [-0.39, 0.29) is 10.9 Å². The Kier molecular flexibility index (Phi) is 5.64. The highest BCUT2D eigenvalue weighted by molar-refractivity contribution is 6.31. The summed E-state index contributed by atoms with van der Waals surface area (Å²) >= 11 is 6.20. The molecule has 0 saturated carbocycles. The van der Waals surface area contributed by atoms with Gasteiger partial charge in [-0.25, -0.2) is 9.37 Å². The van der Waals surface area contributed by atoms with E-state index in [0.29, 0.717) is 30.8 Å². The number of hydrogen-bond donors (Lipinski definition) is 0. The van der Waals surface area contributed by atoms with Gasteiger partial charge in [-0.15, -0.1) is 10.2 Å². The smallest absolute Gasteiger partial charge is 0.232 e. The lowest BCUT2D eigenvalue weighted by Gasteiger charge is -2.20. The van der Waals surface area contributed by atoms with E-state index in [0.717, 1.165) is 24.2 Å². The highest BCUT2D eigenvalue weighted by Gasteiger charge is 2.30. The zero-order valence-electron chi connectivity index (χ0n) is 16.2. The third kappa shape index (κ3) is 3.77. The summed E-state index contributed by atoms with van der Waals surface area (Å²) in [5.74, 6) is 1.61. The third-order valence-corrected chi connectivity index (χ3v) is 5.47. The average molecular weight is 418 g/mol. The Morgan fingerprint density at radius 1 is 1.21 bits per heavy atom. The molecule has 1 fully saturated rings. The first kappa shape index (κ1) is 19.6. The Morgan fingerprint density at radius 3 is 2.79 bits per heavy atom. The molecular weight excluding hydrogens is 397 g/mol. The second-order valence-corrected chi connectivity index (χ2v) is 7.20. The minimum atomic E-state index is -0.391. The minimum Gasteiger partial charge on any atom is -0.481 e. The molecular formula is C20H21ClFN5O2. The molecule has 0 radical (unpaired) electrons. The largest absolute Gasteiger partial charge is 0.481 e. The van der Waals surface area contributed by atoms with E-state index < -0.39 is 5.82 Å². The highest BCUT2D eigenvalue weighted by atomic mass is 35.5. The lowest BCUT2D eigenvalue weighted by atomic mass is 9.98. The summed E-state index contributed by atoms with van der Waals surface area (Å²) in [5.41, 5.74) is 1.63. The van der Waals surface area contributed by atoms with E-state index in [1.54, 1.807) is 32.5 Å². The molecule has 9 heteroatoms. The van der Waals surface area contributed by atoms with E-state index in [1.807, 2.05) is 16.7 Å². The minimum absolute atomic E-state index is 0.114. The van der Waals surface area contributed by atoms with Gasteiger partial charge in [-0.2, -0.15) is 0 Å². The first-order valence-corrected chi connectivity index (χ1v) is 9.62. The summed E-state index contributed by atoms with van der Waals surface area (Å²) in [7, 11) is 3.19. The number of halogens is 2. The summed E-state index contributed by atoms with van der Waals surface area (Å²) in [6.45, 7) is 1.73.